The fourth-order valence-corrected chi connectivity index (χ4v) is 0.684. The smallest absolute Gasteiger partial charge is 0.402 e. The molecule has 0 aliphatic carbocycles. The zero-order valence-electron chi connectivity index (χ0n) is 6.47. The van der Waals surface area contributed by atoms with Gasteiger partial charge in [-0.15, -0.1) is 13.2 Å². The molecule has 0 saturated heterocycles. The molecule has 14 heavy (non-hydrogen) atoms. The van der Waals surface area contributed by atoms with E-state index in [4.69, 9.17) is 5.26 Å². The Kier molecular flexibility index (Phi) is 2.56. The largest absolute Gasteiger partial charge is 0.573 e. The zero-order valence-corrected chi connectivity index (χ0v) is 6.47. The average molecular weight is 206 g/mol. The molecule has 0 atom stereocenters. The van der Waals surface area contributed by atoms with Gasteiger partial charge in [-0.3, -0.25) is 0 Å². The lowest BCUT2D eigenvalue weighted by molar-refractivity contribution is -0.275. The first-order valence-electron chi connectivity index (χ1n) is 3.24. The molecule has 7 heteroatoms. The van der Waals surface area contributed by atoms with Crippen molar-refractivity contribution in [3.63, 3.8) is 0 Å². The van der Waals surface area contributed by atoms with Crippen LogP contribution in [0, 0.1) is 17.1 Å². The molecule has 1 aromatic rings. The number of halogens is 4. The summed E-state index contributed by atoms with van der Waals surface area (Å²) in [5.74, 6) is -2.34. The van der Waals surface area contributed by atoms with Gasteiger partial charge in [0.15, 0.2) is 11.6 Å². The first-order valence-corrected chi connectivity index (χ1v) is 3.24. The molecular formula is C7H2F4N2O. The van der Waals surface area contributed by atoms with Crippen molar-refractivity contribution in [3.8, 4) is 11.8 Å². The maximum Gasteiger partial charge on any atom is 0.573 e. The first kappa shape index (κ1) is 10.2. The van der Waals surface area contributed by atoms with Crippen molar-refractivity contribution in [1.82, 2.24) is 4.98 Å². The minimum Gasteiger partial charge on any atom is -0.402 e. The highest BCUT2D eigenvalue weighted by atomic mass is 19.4. The Morgan fingerprint density at radius 1 is 1.43 bits per heavy atom. The van der Waals surface area contributed by atoms with E-state index in [1.165, 1.54) is 6.07 Å². The van der Waals surface area contributed by atoms with Crippen molar-refractivity contribution in [1.29, 1.82) is 5.26 Å². The highest BCUT2D eigenvalue weighted by Gasteiger charge is 2.32. The third-order valence-corrected chi connectivity index (χ3v) is 1.16. The molecule has 0 N–H and O–H groups in total. The molecule has 0 radical (unpaired) electrons. The van der Waals surface area contributed by atoms with Crippen LogP contribution in [-0.4, -0.2) is 11.3 Å². The van der Waals surface area contributed by atoms with Crippen molar-refractivity contribution in [2.45, 2.75) is 6.36 Å². The first-order chi connectivity index (χ1) is 6.42. The van der Waals surface area contributed by atoms with Crippen LogP contribution in [-0.2, 0) is 0 Å². The Labute approximate surface area is 75.5 Å². The fourth-order valence-electron chi connectivity index (χ4n) is 0.684. The molecule has 0 amide bonds. The summed E-state index contributed by atoms with van der Waals surface area (Å²) in [7, 11) is 0. The molecule has 0 unspecified atom stereocenters. The van der Waals surface area contributed by atoms with E-state index in [1.807, 2.05) is 0 Å². The van der Waals surface area contributed by atoms with Crippen LogP contribution in [0.2, 0.25) is 0 Å². The van der Waals surface area contributed by atoms with E-state index in [-0.39, 0.29) is 5.69 Å². The van der Waals surface area contributed by atoms with Gasteiger partial charge in [0, 0.05) is 6.07 Å². The zero-order chi connectivity index (χ0) is 10.8. The third kappa shape index (κ3) is 2.58. The second-order valence-electron chi connectivity index (χ2n) is 2.16. The van der Waals surface area contributed by atoms with Crippen molar-refractivity contribution in [2.75, 3.05) is 0 Å². The Morgan fingerprint density at radius 3 is 2.57 bits per heavy atom. The van der Waals surface area contributed by atoms with Gasteiger partial charge in [-0.05, 0) is 0 Å². The minimum atomic E-state index is -4.99. The Morgan fingerprint density at radius 2 is 2.07 bits per heavy atom. The number of rotatable bonds is 1. The lowest BCUT2D eigenvalue weighted by atomic mass is 10.3. The SMILES string of the molecule is N#Cc1cc(OC(F)(F)F)c(F)cn1. The number of pyridine rings is 1. The van der Waals surface area contributed by atoms with Gasteiger partial charge in [-0.25, -0.2) is 9.37 Å². The van der Waals surface area contributed by atoms with Gasteiger partial charge in [-0.1, -0.05) is 0 Å². The molecule has 0 saturated carbocycles. The summed E-state index contributed by atoms with van der Waals surface area (Å²) in [6.07, 6.45) is -4.51. The van der Waals surface area contributed by atoms with Crippen LogP contribution in [0.3, 0.4) is 0 Å². The lowest BCUT2D eigenvalue weighted by Gasteiger charge is -2.08. The Hall–Kier alpha value is -1.84. The molecular weight excluding hydrogens is 204 g/mol. The minimum absolute atomic E-state index is 0.356. The van der Waals surface area contributed by atoms with Crippen molar-refractivity contribution in [3.05, 3.63) is 23.8 Å². The van der Waals surface area contributed by atoms with Gasteiger partial charge < -0.3 is 4.74 Å². The van der Waals surface area contributed by atoms with Gasteiger partial charge in [0.05, 0.1) is 6.20 Å². The number of nitriles is 1. The van der Waals surface area contributed by atoms with Crippen molar-refractivity contribution in [2.24, 2.45) is 0 Å². The highest BCUT2D eigenvalue weighted by Crippen LogP contribution is 2.25. The van der Waals surface area contributed by atoms with Gasteiger partial charge >= 0.3 is 6.36 Å². The van der Waals surface area contributed by atoms with Gasteiger partial charge in [0.2, 0.25) is 0 Å². The molecule has 1 heterocycles. The number of hydrogen-bond donors (Lipinski definition) is 0. The van der Waals surface area contributed by atoms with Crippen LogP contribution in [0.15, 0.2) is 12.3 Å². The van der Waals surface area contributed by atoms with E-state index in [2.05, 4.69) is 9.72 Å². The standard InChI is InChI=1S/C7H2F4N2O/c8-5-3-13-4(2-12)1-6(5)14-7(9,10)11/h1,3H. The monoisotopic (exact) mass is 206 g/mol. The Balaban J connectivity index is 3.03. The van der Waals surface area contributed by atoms with E-state index >= 15 is 0 Å². The van der Waals surface area contributed by atoms with E-state index < -0.39 is 17.9 Å². The molecule has 3 nitrogen and oxygen atoms in total. The predicted octanol–water partition coefficient (Wildman–Crippen LogP) is 1.99. The maximum atomic E-state index is 12.6. The average Bonchev–Trinajstić information content (AvgIpc) is 2.06. The molecule has 1 rings (SSSR count). The topological polar surface area (TPSA) is 45.9 Å². The van der Waals surface area contributed by atoms with Crippen LogP contribution in [0.4, 0.5) is 17.6 Å². The molecule has 0 aromatic carbocycles. The van der Waals surface area contributed by atoms with Crippen LogP contribution in [0.25, 0.3) is 0 Å². The predicted molar refractivity (Wildman–Crippen MR) is 35.6 cm³/mol. The summed E-state index contributed by atoms with van der Waals surface area (Å²) in [5, 5.41) is 8.28. The second-order valence-corrected chi connectivity index (χ2v) is 2.16. The number of alkyl halides is 3. The normalized spacial score (nSPS) is 10.8. The van der Waals surface area contributed by atoms with Crippen molar-refractivity contribution >= 4 is 0 Å². The Bertz CT molecular complexity index is 382. The summed E-state index contributed by atoms with van der Waals surface area (Å²) < 4.78 is 50.9. The summed E-state index contributed by atoms with van der Waals surface area (Å²) in [6.45, 7) is 0. The molecule has 0 fully saturated rings. The third-order valence-electron chi connectivity index (χ3n) is 1.16. The second kappa shape index (κ2) is 3.49. The van der Waals surface area contributed by atoms with Crippen LogP contribution in [0.5, 0.6) is 5.75 Å². The molecule has 0 aliphatic rings. The molecule has 1 aromatic heterocycles. The summed E-state index contributed by atoms with van der Waals surface area (Å²) in [6, 6.07) is 2.03. The van der Waals surface area contributed by atoms with Crippen LogP contribution in [0.1, 0.15) is 5.69 Å². The van der Waals surface area contributed by atoms with E-state index in [0.29, 0.717) is 12.3 Å². The summed E-state index contributed by atoms with van der Waals surface area (Å²) in [4.78, 5) is 3.20. The number of nitrogens with zero attached hydrogens (tertiary/aromatic N) is 2. The fraction of sp³-hybridized carbons (Fsp3) is 0.143. The molecule has 0 aliphatic heterocycles. The quantitative estimate of drug-likeness (QED) is 0.660. The van der Waals surface area contributed by atoms with E-state index in [0.717, 1.165) is 0 Å². The van der Waals surface area contributed by atoms with Gasteiger partial charge in [0.25, 0.3) is 0 Å². The maximum absolute atomic E-state index is 12.6. The van der Waals surface area contributed by atoms with Gasteiger partial charge in [-0.2, -0.15) is 5.26 Å². The number of aromatic nitrogens is 1. The van der Waals surface area contributed by atoms with Gasteiger partial charge in [0.1, 0.15) is 11.8 Å². The van der Waals surface area contributed by atoms with Crippen LogP contribution >= 0.6 is 0 Å². The van der Waals surface area contributed by atoms with Crippen LogP contribution < -0.4 is 4.74 Å². The molecule has 0 bridgehead atoms. The van der Waals surface area contributed by atoms with E-state index in [9.17, 15) is 17.6 Å². The van der Waals surface area contributed by atoms with E-state index in [1.54, 1.807) is 0 Å². The van der Waals surface area contributed by atoms with Crippen molar-refractivity contribution < 1.29 is 22.3 Å². The molecule has 74 valence electrons. The lowest BCUT2D eigenvalue weighted by Crippen LogP contribution is -2.18. The highest BCUT2D eigenvalue weighted by molar-refractivity contribution is 5.31. The number of ether oxygens (including phenoxy) is 1. The summed E-state index contributed by atoms with van der Waals surface area (Å²) in [5.41, 5.74) is -0.356. The summed E-state index contributed by atoms with van der Waals surface area (Å²) >= 11 is 0. The number of hydrogen-bond acceptors (Lipinski definition) is 3. The molecule has 0 spiro atoms.